The first-order valence-corrected chi connectivity index (χ1v) is 7.78. The summed E-state index contributed by atoms with van der Waals surface area (Å²) in [7, 11) is 0. The van der Waals surface area contributed by atoms with E-state index in [4.69, 9.17) is 4.74 Å². The maximum Gasteiger partial charge on any atom is 0.305 e. The van der Waals surface area contributed by atoms with Crippen LogP contribution >= 0.6 is 0 Å². The van der Waals surface area contributed by atoms with Crippen LogP contribution in [0.4, 0.5) is 0 Å². The first-order valence-electron chi connectivity index (χ1n) is 7.78. The second-order valence-electron chi connectivity index (χ2n) is 5.34. The summed E-state index contributed by atoms with van der Waals surface area (Å²) in [4.78, 5) is 13.6. The average Bonchev–Trinajstić information content (AvgIpc) is 2.63. The average molecular weight is 271 g/mol. The third-order valence-corrected chi connectivity index (χ3v) is 3.84. The van der Waals surface area contributed by atoms with Gasteiger partial charge in [0.1, 0.15) is 0 Å². The molecule has 4 nitrogen and oxygen atoms in total. The van der Waals surface area contributed by atoms with Crippen LogP contribution in [-0.2, 0) is 9.53 Å². The Morgan fingerprint density at radius 1 is 1.26 bits per heavy atom. The number of carbonyl (C=O) groups is 1. The zero-order valence-corrected chi connectivity index (χ0v) is 12.3. The highest BCUT2D eigenvalue weighted by Crippen LogP contribution is 2.17. The summed E-state index contributed by atoms with van der Waals surface area (Å²) in [6.45, 7) is 4.76. The van der Waals surface area contributed by atoms with Gasteiger partial charge in [0, 0.05) is 12.5 Å². The maximum atomic E-state index is 11.2. The minimum absolute atomic E-state index is 0.0782. The number of esters is 1. The topological polar surface area (TPSA) is 49.8 Å². The first-order chi connectivity index (χ1) is 9.27. The van der Waals surface area contributed by atoms with Crippen molar-refractivity contribution in [1.29, 1.82) is 0 Å². The van der Waals surface area contributed by atoms with Crippen LogP contribution in [0.25, 0.3) is 0 Å². The second kappa shape index (κ2) is 10.2. The quantitative estimate of drug-likeness (QED) is 0.544. The molecular weight excluding hydrogens is 242 g/mol. The summed E-state index contributed by atoms with van der Waals surface area (Å²) in [6, 6.07) is 0.354. The Hall–Kier alpha value is -0.610. The summed E-state index contributed by atoms with van der Waals surface area (Å²) >= 11 is 0. The fourth-order valence-corrected chi connectivity index (χ4v) is 2.73. The van der Waals surface area contributed by atoms with Gasteiger partial charge in [-0.05, 0) is 45.7 Å². The van der Waals surface area contributed by atoms with E-state index >= 15 is 0 Å². The Balaban J connectivity index is 2.11. The van der Waals surface area contributed by atoms with E-state index in [1.165, 1.54) is 19.3 Å². The van der Waals surface area contributed by atoms with E-state index < -0.39 is 0 Å². The molecule has 1 unspecified atom stereocenters. The number of ether oxygens (including phenoxy) is 1. The zero-order valence-electron chi connectivity index (χ0n) is 12.3. The number of rotatable bonds is 8. The molecule has 1 fully saturated rings. The van der Waals surface area contributed by atoms with Gasteiger partial charge in [-0.1, -0.05) is 19.3 Å². The van der Waals surface area contributed by atoms with Crippen LogP contribution in [0.1, 0.15) is 58.3 Å². The van der Waals surface area contributed by atoms with Crippen molar-refractivity contribution in [3.8, 4) is 0 Å². The van der Waals surface area contributed by atoms with Gasteiger partial charge >= 0.3 is 5.97 Å². The van der Waals surface area contributed by atoms with E-state index in [0.29, 0.717) is 19.1 Å². The van der Waals surface area contributed by atoms with E-state index in [9.17, 15) is 9.90 Å². The van der Waals surface area contributed by atoms with E-state index in [0.717, 1.165) is 38.8 Å². The smallest absolute Gasteiger partial charge is 0.305 e. The summed E-state index contributed by atoms with van der Waals surface area (Å²) in [5, 5.41) is 9.42. The molecule has 0 saturated carbocycles. The van der Waals surface area contributed by atoms with Crippen LogP contribution in [0.2, 0.25) is 0 Å². The highest BCUT2D eigenvalue weighted by atomic mass is 16.5. The van der Waals surface area contributed by atoms with Crippen LogP contribution in [0.3, 0.4) is 0 Å². The predicted molar refractivity (Wildman–Crippen MR) is 76.0 cm³/mol. The normalized spacial score (nSPS) is 21.1. The fourth-order valence-electron chi connectivity index (χ4n) is 2.73. The largest absolute Gasteiger partial charge is 0.466 e. The summed E-state index contributed by atoms with van der Waals surface area (Å²) < 4.78 is 4.91. The Kier molecular flexibility index (Phi) is 8.84. The zero-order chi connectivity index (χ0) is 13.9. The van der Waals surface area contributed by atoms with Crippen LogP contribution in [-0.4, -0.2) is 48.3 Å². The number of hydrogen-bond donors (Lipinski definition) is 1. The molecule has 0 aromatic heterocycles. The molecule has 1 rings (SSSR count). The molecule has 0 radical (unpaired) electrons. The molecule has 0 amide bonds. The van der Waals surface area contributed by atoms with E-state index in [-0.39, 0.29) is 12.6 Å². The van der Waals surface area contributed by atoms with Crippen LogP contribution in [0.5, 0.6) is 0 Å². The number of unbranched alkanes of at least 4 members (excludes halogenated alkanes) is 2. The third kappa shape index (κ3) is 6.92. The maximum absolute atomic E-state index is 11.2. The lowest BCUT2D eigenvalue weighted by Gasteiger charge is -2.28. The highest BCUT2D eigenvalue weighted by molar-refractivity contribution is 5.69. The second-order valence-corrected chi connectivity index (χ2v) is 5.34. The number of nitrogens with zero attached hydrogens (tertiary/aromatic N) is 1. The lowest BCUT2D eigenvalue weighted by atomic mass is 10.1. The standard InChI is InChI=1S/C15H29NO3/c1-2-19-15(18)10-6-4-8-12-16-11-7-3-5-9-14(16)13-17/h14,17H,2-13H2,1H3. The lowest BCUT2D eigenvalue weighted by Crippen LogP contribution is -2.38. The van der Waals surface area contributed by atoms with Crippen molar-refractivity contribution in [3.05, 3.63) is 0 Å². The van der Waals surface area contributed by atoms with Gasteiger partial charge in [0.25, 0.3) is 0 Å². The molecule has 0 aromatic rings. The van der Waals surface area contributed by atoms with Gasteiger partial charge < -0.3 is 9.84 Å². The van der Waals surface area contributed by atoms with Crippen LogP contribution < -0.4 is 0 Å². The van der Waals surface area contributed by atoms with Crippen molar-refractivity contribution in [1.82, 2.24) is 4.90 Å². The van der Waals surface area contributed by atoms with Crippen molar-refractivity contribution in [2.75, 3.05) is 26.3 Å². The minimum Gasteiger partial charge on any atom is -0.466 e. The Morgan fingerprint density at radius 2 is 2.11 bits per heavy atom. The Labute approximate surface area is 117 Å². The summed E-state index contributed by atoms with van der Waals surface area (Å²) in [6.07, 6.45) is 8.52. The Bertz CT molecular complexity index is 246. The monoisotopic (exact) mass is 271 g/mol. The van der Waals surface area contributed by atoms with Gasteiger partial charge in [0.15, 0.2) is 0 Å². The van der Waals surface area contributed by atoms with Crippen molar-refractivity contribution in [2.45, 2.75) is 64.3 Å². The van der Waals surface area contributed by atoms with Crippen molar-refractivity contribution in [3.63, 3.8) is 0 Å². The summed E-state index contributed by atoms with van der Waals surface area (Å²) in [5.41, 5.74) is 0. The van der Waals surface area contributed by atoms with Crippen molar-refractivity contribution < 1.29 is 14.6 Å². The molecule has 0 aromatic carbocycles. The van der Waals surface area contributed by atoms with Crippen molar-refractivity contribution >= 4 is 5.97 Å². The lowest BCUT2D eigenvalue weighted by molar-refractivity contribution is -0.143. The molecule has 1 heterocycles. The van der Waals surface area contributed by atoms with E-state index in [2.05, 4.69) is 4.90 Å². The highest BCUT2D eigenvalue weighted by Gasteiger charge is 2.19. The van der Waals surface area contributed by atoms with Gasteiger partial charge in [0.2, 0.25) is 0 Å². The molecule has 1 saturated heterocycles. The van der Waals surface area contributed by atoms with Gasteiger partial charge in [-0.25, -0.2) is 0 Å². The Morgan fingerprint density at radius 3 is 2.84 bits per heavy atom. The molecule has 1 atom stereocenters. The molecule has 1 aliphatic rings. The number of likely N-dealkylation sites (tertiary alicyclic amines) is 1. The molecule has 112 valence electrons. The predicted octanol–water partition coefficient (Wildman–Crippen LogP) is 2.35. The molecule has 1 N–H and O–H groups in total. The molecule has 0 aliphatic carbocycles. The number of carbonyl (C=O) groups excluding carboxylic acids is 1. The fraction of sp³-hybridized carbons (Fsp3) is 0.933. The van der Waals surface area contributed by atoms with E-state index in [1.54, 1.807) is 0 Å². The molecule has 0 spiro atoms. The SMILES string of the molecule is CCOC(=O)CCCCCN1CCCCCC1CO. The molecule has 4 heteroatoms. The molecule has 19 heavy (non-hydrogen) atoms. The molecular formula is C15H29NO3. The van der Waals surface area contributed by atoms with Gasteiger partial charge in [0.05, 0.1) is 13.2 Å². The number of aliphatic hydroxyl groups excluding tert-OH is 1. The first kappa shape index (κ1) is 16.4. The van der Waals surface area contributed by atoms with E-state index in [1.807, 2.05) is 6.92 Å². The summed E-state index contributed by atoms with van der Waals surface area (Å²) in [5.74, 6) is -0.0782. The van der Waals surface area contributed by atoms with Crippen LogP contribution in [0.15, 0.2) is 0 Å². The van der Waals surface area contributed by atoms with Crippen LogP contribution in [0, 0.1) is 0 Å². The van der Waals surface area contributed by atoms with Crippen molar-refractivity contribution in [2.24, 2.45) is 0 Å². The third-order valence-electron chi connectivity index (χ3n) is 3.84. The van der Waals surface area contributed by atoms with Gasteiger partial charge in [-0.15, -0.1) is 0 Å². The van der Waals surface area contributed by atoms with Gasteiger partial charge in [-0.2, -0.15) is 0 Å². The van der Waals surface area contributed by atoms with Gasteiger partial charge in [-0.3, -0.25) is 9.69 Å². The molecule has 0 bridgehead atoms. The number of aliphatic hydroxyl groups is 1. The number of hydrogen-bond acceptors (Lipinski definition) is 4. The molecule has 1 aliphatic heterocycles. The minimum atomic E-state index is -0.0782.